The highest BCUT2D eigenvalue weighted by Gasteiger charge is 2.29. The number of amides is 1. The van der Waals surface area contributed by atoms with E-state index in [0.29, 0.717) is 18.0 Å². The molecule has 6 heteroatoms. The Balaban J connectivity index is 1.64. The van der Waals surface area contributed by atoms with Gasteiger partial charge in [0.25, 0.3) is 0 Å². The fourth-order valence-corrected chi connectivity index (χ4v) is 3.14. The Labute approximate surface area is 140 Å². The molecule has 6 nitrogen and oxygen atoms in total. The summed E-state index contributed by atoms with van der Waals surface area (Å²) >= 11 is 0. The average molecular weight is 327 g/mol. The van der Waals surface area contributed by atoms with Crippen molar-refractivity contribution < 1.29 is 14.3 Å². The zero-order valence-corrected chi connectivity index (χ0v) is 15.1. The second-order valence-electron chi connectivity index (χ2n) is 7.85. The zero-order chi connectivity index (χ0) is 16.9. The molecule has 134 valence electrons. The predicted octanol–water partition coefficient (Wildman–Crippen LogP) is 1.60. The minimum atomic E-state index is -0.420. The minimum absolute atomic E-state index is 0.184. The third-order valence-corrected chi connectivity index (χ3v) is 4.33. The van der Waals surface area contributed by atoms with Gasteiger partial charge in [0.15, 0.2) is 0 Å². The van der Waals surface area contributed by atoms with Crippen LogP contribution in [0.2, 0.25) is 0 Å². The van der Waals surface area contributed by atoms with Crippen LogP contribution in [0.15, 0.2) is 0 Å². The van der Waals surface area contributed by atoms with Crippen LogP contribution in [-0.4, -0.2) is 68.1 Å². The summed E-state index contributed by atoms with van der Waals surface area (Å²) in [6.07, 6.45) is 1.93. The molecule has 0 aromatic rings. The number of likely N-dealkylation sites (tertiary alicyclic amines) is 1. The second kappa shape index (κ2) is 8.31. The van der Waals surface area contributed by atoms with Crippen molar-refractivity contribution in [2.75, 3.05) is 39.4 Å². The molecule has 2 aliphatic rings. The first kappa shape index (κ1) is 18.5. The molecule has 2 heterocycles. The minimum Gasteiger partial charge on any atom is -0.444 e. The highest BCUT2D eigenvalue weighted by atomic mass is 16.6. The summed E-state index contributed by atoms with van der Waals surface area (Å²) in [4.78, 5) is 13.9. The summed E-state index contributed by atoms with van der Waals surface area (Å²) in [6.45, 7) is 13.1. The Morgan fingerprint density at radius 2 is 2.26 bits per heavy atom. The zero-order valence-electron chi connectivity index (χ0n) is 15.1. The van der Waals surface area contributed by atoms with Gasteiger partial charge in [-0.05, 0) is 53.0 Å². The van der Waals surface area contributed by atoms with E-state index in [1.807, 2.05) is 25.7 Å². The van der Waals surface area contributed by atoms with E-state index in [0.717, 1.165) is 52.2 Å². The van der Waals surface area contributed by atoms with Crippen LogP contribution >= 0.6 is 0 Å². The maximum Gasteiger partial charge on any atom is 0.410 e. The number of morpholine rings is 1. The molecule has 1 amide bonds. The van der Waals surface area contributed by atoms with E-state index in [9.17, 15) is 4.79 Å². The predicted molar refractivity (Wildman–Crippen MR) is 90.6 cm³/mol. The second-order valence-corrected chi connectivity index (χ2v) is 7.85. The third-order valence-electron chi connectivity index (χ3n) is 4.33. The van der Waals surface area contributed by atoms with Crippen molar-refractivity contribution in [1.29, 1.82) is 0 Å². The van der Waals surface area contributed by atoms with Crippen LogP contribution in [-0.2, 0) is 9.47 Å². The highest BCUT2D eigenvalue weighted by Crippen LogP contribution is 2.19. The van der Waals surface area contributed by atoms with Gasteiger partial charge < -0.3 is 25.0 Å². The summed E-state index contributed by atoms with van der Waals surface area (Å²) in [6, 6.07) is 0.901. The highest BCUT2D eigenvalue weighted by molar-refractivity contribution is 5.68. The topological polar surface area (TPSA) is 62.8 Å². The molecule has 0 saturated carbocycles. The first-order valence-corrected chi connectivity index (χ1v) is 8.86. The Hall–Kier alpha value is -0.850. The van der Waals surface area contributed by atoms with Gasteiger partial charge in [-0.2, -0.15) is 0 Å². The van der Waals surface area contributed by atoms with Gasteiger partial charge in [-0.1, -0.05) is 0 Å². The van der Waals surface area contributed by atoms with Crippen molar-refractivity contribution in [2.45, 2.75) is 58.2 Å². The molecule has 3 unspecified atom stereocenters. The van der Waals surface area contributed by atoms with E-state index >= 15 is 0 Å². The molecule has 3 atom stereocenters. The smallest absolute Gasteiger partial charge is 0.410 e. The third kappa shape index (κ3) is 6.65. The van der Waals surface area contributed by atoms with E-state index in [1.165, 1.54) is 0 Å². The quantitative estimate of drug-likeness (QED) is 0.803. The van der Waals surface area contributed by atoms with Crippen molar-refractivity contribution in [1.82, 2.24) is 15.5 Å². The van der Waals surface area contributed by atoms with E-state index in [2.05, 4.69) is 17.6 Å². The van der Waals surface area contributed by atoms with Crippen LogP contribution in [0.5, 0.6) is 0 Å². The fourth-order valence-electron chi connectivity index (χ4n) is 3.14. The van der Waals surface area contributed by atoms with Crippen molar-refractivity contribution in [3.8, 4) is 0 Å². The monoisotopic (exact) mass is 327 g/mol. The number of hydrogen-bond donors (Lipinski definition) is 2. The van der Waals surface area contributed by atoms with Crippen LogP contribution in [0.3, 0.4) is 0 Å². The van der Waals surface area contributed by atoms with Crippen LogP contribution in [0.4, 0.5) is 4.79 Å². The van der Waals surface area contributed by atoms with Crippen LogP contribution in [0.25, 0.3) is 0 Å². The van der Waals surface area contributed by atoms with Gasteiger partial charge in [0.1, 0.15) is 5.60 Å². The Morgan fingerprint density at radius 1 is 1.48 bits per heavy atom. The first-order valence-electron chi connectivity index (χ1n) is 8.86. The molecular weight excluding hydrogens is 294 g/mol. The Kier molecular flexibility index (Phi) is 6.68. The first-order chi connectivity index (χ1) is 10.8. The number of ether oxygens (including phenoxy) is 2. The molecule has 2 aliphatic heterocycles. The van der Waals surface area contributed by atoms with Gasteiger partial charge >= 0.3 is 6.09 Å². The number of nitrogens with one attached hydrogen (secondary N) is 2. The molecule has 0 bridgehead atoms. The van der Waals surface area contributed by atoms with Crippen molar-refractivity contribution in [3.05, 3.63) is 0 Å². The maximum absolute atomic E-state index is 12.1. The molecule has 2 rings (SSSR count). The van der Waals surface area contributed by atoms with Gasteiger partial charge in [0.2, 0.25) is 0 Å². The molecule has 0 aliphatic carbocycles. The van der Waals surface area contributed by atoms with Crippen molar-refractivity contribution in [2.24, 2.45) is 5.92 Å². The molecule has 2 fully saturated rings. The lowest BCUT2D eigenvalue weighted by molar-refractivity contribution is 0.0288. The number of carbonyl (C=O) groups excluding carboxylic acids is 1. The lowest BCUT2D eigenvalue weighted by Gasteiger charge is -2.27. The van der Waals surface area contributed by atoms with Gasteiger partial charge in [-0.25, -0.2) is 4.79 Å². The largest absolute Gasteiger partial charge is 0.444 e. The Bertz CT molecular complexity index is 378. The summed E-state index contributed by atoms with van der Waals surface area (Å²) in [5, 5.41) is 7.09. The summed E-state index contributed by atoms with van der Waals surface area (Å²) in [5.74, 6) is 0.514. The molecule has 2 saturated heterocycles. The average Bonchev–Trinajstić information content (AvgIpc) is 2.93. The SMILES string of the molecule is CC(CC1COCCN1)NCC1CCN(C(=O)OC(C)(C)C)C1. The van der Waals surface area contributed by atoms with Gasteiger partial charge in [-0.15, -0.1) is 0 Å². The van der Waals surface area contributed by atoms with E-state index < -0.39 is 5.60 Å². The molecule has 23 heavy (non-hydrogen) atoms. The normalized spacial score (nSPS) is 27.0. The molecule has 2 N–H and O–H groups in total. The lowest BCUT2D eigenvalue weighted by atomic mass is 10.1. The van der Waals surface area contributed by atoms with Gasteiger partial charge in [0, 0.05) is 31.7 Å². The molecule has 0 aromatic heterocycles. The standard InChI is InChI=1S/C17H33N3O3/c1-13(9-15-12-22-8-6-18-15)19-10-14-5-7-20(11-14)16(21)23-17(2,3)4/h13-15,18-19H,5-12H2,1-4H3. The van der Waals surface area contributed by atoms with E-state index in [4.69, 9.17) is 9.47 Å². The van der Waals surface area contributed by atoms with Gasteiger partial charge in [0.05, 0.1) is 13.2 Å². The van der Waals surface area contributed by atoms with Crippen LogP contribution in [0.1, 0.15) is 40.5 Å². The molecule has 0 aromatic carbocycles. The number of hydrogen-bond acceptors (Lipinski definition) is 5. The summed E-state index contributed by atoms with van der Waals surface area (Å²) in [7, 11) is 0. The summed E-state index contributed by atoms with van der Waals surface area (Å²) in [5.41, 5.74) is -0.420. The fraction of sp³-hybridized carbons (Fsp3) is 0.941. The summed E-state index contributed by atoms with van der Waals surface area (Å²) < 4.78 is 10.9. The Morgan fingerprint density at radius 3 is 2.91 bits per heavy atom. The van der Waals surface area contributed by atoms with Crippen molar-refractivity contribution in [3.63, 3.8) is 0 Å². The molecular formula is C17H33N3O3. The van der Waals surface area contributed by atoms with Gasteiger partial charge in [-0.3, -0.25) is 0 Å². The lowest BCUT2D eigenvalue weighted by Crippen LogP contribution is -2.45. The number of rotatable bonds is 5. The van der Waals surface area contributed by atoms with Crippen LogP contribution in [0, 0.1) is 5.92 Å². The van der Waals surface area contributed by atoms with E-state index in [-0.39, 0.29) is 6.09 Å². The molecule has 0 spiro atoms. The number of carbonyl (C=O) groups is 1. The molecule has 0 radical (unpaired) electrons. The maximum atomic E-state index is 12.1. The van der Waals surface area contributed by atoms with Crippen molar-refractivity contribution >= 4 is 6.09 Å². The van der Waals surface area contributed by atoms with E-state index in [1.54, 1.807) is 0 Å². The van der Waals surface area contributed by atoms with Crippen LogP contribution < -0.4 is 10.6 Å². The number of nitrogens with zero attached hydrogens (tertiary/aromatic N) is 1.